The Hall–Kier alpha value is -2.08. The van der Waals surface area contributed by atoms with Crippen molar-refractivity contribution in [3.8, 4) is 0 Å². The molecule has 0 atom stereocenters. The van der Waals surface area contributed by atoms with Gasteiger partial charge >= 0.3 is 0 Å². The molecule has 0 saturated heterocycles. The molecule has 0 N–H and O–H groups in total. The molecule has 0 saturated carbocycles. The van der Waals surface area contributed by atoms with Crippen LogP contribution in [0.2, 0.25) is 0 Å². The summed E-state index contributed by atoms with van der Waals surface area (Å²) in [6.45, 7) is 15.3. The first-order valence-corrected chi connectivity index (χ1v) is 10.0. The van der Waals surface area contributed by atoms with Gasteiger partial charge in [0.05, 0.1) is 0 Å². The van der Waals surface area contributed by atoms with Gasteiger partial charge in [-0.1, -0.05) is 107 Å². The normalized spacial score (nSPS) is 11.7. The number of allylic oxidation sites excluding steroid dienone is 4. The predicted octanol–water partition coefficient (Wildman–Crippen LogP) is 9.03. The molecule has 0 radical (unpaired) electrons. The van der Waals surface area contributed by atoms with Crippen LogP contribution in [0.5, 0.6) is 0 Å². The molecule has 0 bridgehead atoms. The molecule has 0 aliphatic carbocycles. The van der Waals surface area contributed by atoms with E-state index in [1.807, 2.05) is 0 Å². The van der Waals surface area contributed by atoms with Gasteiger partial charge in [0.2, 0.25) is 0 Å². The van der Waals surface area contributed by atoms with E-state index in [4.69, 9.17) is 0 Å². The van der Waals surface area contributed by atoms with Gasteiger partial charge in [-0.3, -0.25) is 0 Å². The van der Waals surface area contributed by atoms with Crippen molar-refractivity contribution in [3.05, 3.63) is 82.4 Å². The molecular formula is C27H40. The molecule has 2 aromatic rings. The highest BCUT2D eigenvalue weighted by molar-refractivity contribution is 5.86. The van der Waals surface area contributed by atoms with Crippen LogP contribution in [0, 0.1) is 13.8 Å². The van der Waals surface area contributed by atoms with Crippen LogP contribution in [0.1, 0.15) is 83.6 Å². The highest BCUT2D eigenvalue weighted by Crippen LogP contribution is 2.29. The molecule has 0 heteroatoms. The molecular weight excluding hydrogens is 324 g/mol. The molecule has 0 heterocycles. The standard InChI is InChI=1S/C23H28.C3H8.CH4/c1-6-18(4)23(21-14-12-17(3)13-15-21)16-20(7-2)22-11-9-8-10-19(22)5;1-3-2;/h8-16H,6-7H2,1-5H3;3H2,1-2H3;1H4/b20-16-,23-18-;;. The number of aryl methyl sites for hydroxylation is 2. The van der Waals surface area contributed by atoms with Crippen LogP contribution >= 0.6 is 0 Å². The zero-order valence-corrected chi connectivity index (χ0v) is 17.8. The highest BCUT2D eigenvalue weighted by atomic mass is 14.1. The first-order valence-electron chi connectivity index (χ1n) is 10.0. The van der Waals surface area contributed by atoms with Crippen molar-refractivity contribution in [2.24, 2.45) is 0 Å². The van der Waals surface area contributed by atoms with E-state index < -0.39 is 0 Å². The largest absolute Gasteiger partial charge is 0.0776 e. The van der Waals surface area contributed by atoms with E-state index >= 15 is 0 Å². The van der Waals surface area contributed by atoms with Gasteiger partial charge in [0, 0.05) is 0 Å². The molecule has 0 spiro atoms. The summed E-state index contributed by atoms with van der Waals surface area (Å²) in [5, 5.41) is 0. The van der Waals surface area contributed by atoms with Crippen molar-refractivity contribution < 1.29 is 0 Å². The fourth-order valence-corrected chi connectivity index (χ4v) is 2.85. The molecule has 0 aliphatic heterocycles. The Morgan fingerprint density at radius 1 is 0.815 bits per heavy atom. The first-order chi connectivity index (χ1) is 12.5. The topological polar surface area (TPSA) is 0 Å². The average molecular weight is 365 g/mol. The van der Waals surface area contributed by atoms with E-state index in [0.717, 1.165) is 12.8 Å². The third-order valence-corrected chi connectivity index (χ3v) is 4.54. The average Bonchev–Trinajstić information content (AvgIpc) is 2.65. The fraction of sp³-hybridized carbons (Fsp3) is 0.407. The van der Waals surface area contributed by atoms with E-state index in [1.165, 1.54) is 45.4 Å². The van der Waals surface area contributed by atoms with Gasteiger partial charge in [-0.05, 0) is 61.4 Å². The van der Waals surface area contributed by atoms with E-state index in [9.17, 15) is 0 Å². The lowest BCUT2D eigenvalue weighted by atomic mass is 9.91. The summed E-state index contributed by atoms with van der Waals surface area (Å²) in [4.78, 5) is 0. The van der Waals surface area contributed by atoms with Crippen LogP contribution in [-0.4, -0.2) is 0 Å². The molecule has 27 heavy (non-hydrogen) atoms. The molecule has 0 aliphatic rings. The number of hydrogen-bond acceptors (Lipinski definition) is 0. The molecule has 2 rings (SSSR count). The summed E-state index contributed by atoms with van der Waals surface area (Å²) in [6.07, 6.45) is 5.76. The third-order valence-electron chi connectivity index (χ3n) is 4.54. The highest BCUT2D eigenvalue weighted by Gasteiger charge is 2.07. The Bertz CT molecular complexity index is 727. The van der Waals surface area contributed by atoms with E-state index in [-0.39, 0.29) is 7.43 Å². The Kier molecular flexibility index (Phi) is 12.1. The van der Waals surface area contributed by atoms with Gasteiger partial charge in [-0.2, -0.15) is 0 Å². The molecule has 0 nitrogen and oxygen atoms in total. The van der Waals surface area contributed by atoms with Crippen LogP contribution < -0.4 is 0 Å². The van der Waals surface area contributed by atoms with Gasteiger partial charge < -0.3 is 0 Å². The van der Waals surface area contributed by atoms with E-state index in [0.29, 0.717) is 0 Å². The first kappa shape index (κ1) is 24.9. The summed E-state index contributed by atoms with van der Waals surface area (Å²) in [5.41, 5.74) is 9.55. The maximum atomic E-state index is 2.39. The maximum Gasteiger partial charge on any atom is -0.0184 e. The SMILES string of the molecule is C.CC/C(=C/C(=C(\C)CC)c1ccc(C)cc1)c1ccccc1C.CCC. The van der Waals surface area contributed by atoms with Crippen molar-refractivity contribution >= 4 is 11.1 Å². The Morgan fingerprint density at radius 3 is 1.85 bits per heavy atom. The van der Waals surface area contributed by atoms with E-state index in [1.54, 1.807) is 0 Å². The Labute approximate surface area is 169 Å². The molecule has 0 amide bonds. The summed E-state index contributed by atoms with van der Waals surface area (Å²) in [5.74, 6) is 0. The van der Waals surface area contributed by atoms with Crippen molar-refractivity contribution in [2.75, 3.05) is 0 Å². The lowest BCUT2D eigenvalue weighted by Gasteiger charge is -2.13. The second kappa shape index (κ2) is 13.1. The zero-order valence-electron chi connectivity index (χ0n) is 17.8. The van der Waals surface area contributed by atoms with Gasteiger partial charge in [-0.25, -0.2) is 0 Å². The Balaban J connectivity index is 0.00000158. The predicted molar refractivity (Wildman–Crippen MR) is 126 cm³/mol. The van der Waals surface area contributed by atoms with Crippen molar-refractivity contribution in [2.45, 2.75) is 75.2 Å². The lowest BCUT2D eigenvalue weighted by Crippen LogP contribution is -1.92. The van der Waals surface area contributed by atoms with Crippen molar-refractivity contribution in [1.82, 2.24) is 0 Å². The summed E-state index contributed by atoms with van der Waals surface area (Å²) >= 11 is 0. The second-order valence-electron chi connectivity index (χ2n) is 6.96. The molecule has 148 valence electrons. The Morgan fingerprint density at radius 2 is 1.37 bits per heavy atom. The van der Waals surface area contributed by atoms with Crippen LogP contribution in [-0.2, 0) is 0 Å². The van der Waals surface area contributed by atoms with Gasteiger partial charge in [0.25, 0.3) is 0 Å². The summed E-state index contributed by atoms with van der Waals surface area (Å²) < 4.78 is 0. The quantitative estimate of drug-likeness (QED) is 0.464. The minimum absolute atomic E-state index is 0. The van der Waals surface area contributed by atoms with Crippen LogP contribution in [0.25, 0.3) is 11.1 Å². The molecule has 2 aromatic carbocycles. The van der Waals surface area contributed by atoms with Crippen LogP contribution in [0.3, 0.4) is 0 Å². The van der Waals surface area contributed by atoms with Crippen molar-refractivity contribution in [1.29, 1.82) is 0 Å². The third kappa shape index (κ3) is 7.59. The number of rotatable bonds is 5. The molecule has 0 unspecified atom stereocenters. The van der Waals surface area contributed by atoms with Gasteiger partial charge in [0.15, 0.2) is 0 Å². The smallest absolute Gasteiger partial charge is 0.0184 e. The van der Waals surface area contributed by atoms with Crippen LogP contribution in [0.4, 0.5) is 0 Å². The van der Waals surface area contributed by atoms with Gasteiger partial charge in [0.1, 0.15) is 0 Å². The van der Waals surface area contributed by atoms with Crippen LogP contribution in [0.15, 0.2) is 60.2 Å². The number of hydrogen-bond donors (Lipinski definition) is 0. The monoisotopic (exact) mass is 364 g/mol. The lowest BCUT2D eigenvalue weighted by molar-refractivity contribution is 1.09. The second-order valence-corrected chi connectivity index (χ2v) is 6.96. The van der Waals surface area contributed by atoms with Crippen molar-refractivity contribution in [3.63, 3.8) is 0 Å². The number of benzene rings is 2. The maximum absolute atomic E-state index is 2.39. The molecule has 0 fully saturated rings. The zero-order chi connectivity index (χ0) is 19.5. The summed E-state index contributed by atoms with van der Waals surface area (Å²) in [7, 11) is 0. The minimum Gasteiger partial charge on any atom is -0.0776 e. The summed E-state index contributed by atoms with van der Waals surface area (Å²) in [6, 6.07) is 17.6. The van der Waals surface area contributed by atoms with Gasteiger partial charge in [-0.15, -0.1) is 0 Å². The fourth-order valence-electron chi connectivity index (χ4n) is 2.85. The van der Waals surface area contributed by atoms with E-state index in [2.05, 4.69) is 103 Å². The molecule has 0 aromatic heterocycles. The minimum atomic E-state index is 0.